The maximum Gasteiger partial charge on any atom is 0.140 e. The van der Waals surface area contributed by atoms with Crippen molar-refractivity contribution in [3.63, 3.8) is 0 Å². The van der Waals surface area contributed by atoms with E-state index in [9.17, 15) is 9.59 Å². The maximum absolute atomic E-state index is 11.8. The molecule has 24 heavy (non-hydrogen) atoms. The zero-order chi connectivity index (χ0) is 17.9. The Kier molecular flexibility index (Phi) is 18.2. The van der Waals surface area contributed by atoms with Gasteiger partial charge in [0.1, 0.15) is 11.6 Å². The Bertz CT molecular complexity index is 296. The summed E-state index contributed by atoms with van der Waals surface area (Å²) in [6.45, 7) is 4.46. The van der Waals surface area contributed by atoms with Gasteiger partial charge in [-0.3, -0.25) is 9.59 Å². The molecule has 2 nitrogen and oxygen atoms in total. The SMILES string of the molecule is CCCCCCCCCCC(=O)CC(=O)CCCCCCCCC. The Morgan fingerprint density at radius 2 is 0.750 bits per heavy atom. The van der Waals surface area contributed by atoms with E-state index in [0.29, 0.717) is 12.8 Å². The summed E-state index contributed by atoms with van der Waals surface area (Å²) in [6, 6.07) is 0. The van der Waals surface area contributed by atoms with Gasteiger partial charge in [0.2, 0.25) is 0 Å². The van der Waals surface area contributed by atoms with Gasteiger partial charge < -0.3 is 0 Å². The number of rotatable bonds is 19. The van der Waals surface area contributed by atoms with Crippen LogP contribution in [0.4, 0.5) is 0 Å². The number of hydrogen-bond acceptors (Lipinski definition) is 2. The number of unbranched alkanes of at least 4 members (excludes halogenated alkanes) is 13. The van der Waals surface area contributed by atoms with Crippen molar-refractivity contribution < 1.29 is 9.59 Å². The van der Waals surface area contributed by atoms with Crippen LogP contribution in [0.2, 0.25) is 0 Å². The standard InChI is InChI=1S/C22H42O2/c1-3-5-7-9-11-13-15-17-19-22(24)20-21(23)18-16-14-12-10-8-6-4-2/h3-20H2,1-2H3. The lowest BCUT2D eigenvalue weighted by Gasteiger charge is -2.03. The number of carbonyl (C=O) groups is 2. The molecule has 0 saturated heterocycles. The van der Waals surface area contributed by atoms with Crippen molar-refractivity contribution in [3.05, 3.63) is 0 Å². The summed E-state index contributed by atoms with van der Waals surface area (Å²) in [4.78, 5) is 23.6. The van der Waals surface area contributed by atoms with Crippen LogP contribution in [0.15, 0.2) is 0 Å². The lowest BCUT2D eigenvalue weighted by molar-refractivity contribution is -0.127. The number of hydrogen-bond donors (Lipinski definition) is 0. The number of ketones is 2. The van der Waals surface area contributed by atoms with Crippen molar-refractivity contribution in [2.24, 2.45) is 0 Å². The Balaban J connectivity index is 3.35. The van der Waals surface area contributed by atoms with Crippen LogP contribution in [-0.2, 0) is 9.59 Å². The predicted octanol–water partition coefficient (Wildman–Crippen LogP) is 7.19. The molecule has 0 radical (unpaired) electrons. The smallest absolute Gasteiger partial charge is 0.140 e. The Morgan fingerprint density at radius 1 is 0.458 bits per heavy atom. The molecule has 0 aliphatic rings. The number of carbonyl (C=O) groups excluding carboxylic acids is 2. The van der Waals surface area contributed by atoms with Crippen LogP contribution in [0.5, 0.6) is 0 Å². The molecular formula is C22H42O2. The first-order valence-electron chi connectivity index (χ1n) is 10.7. The highest BCUT2D eigenvalue weighted by atomic mass is 16.1. The molecule has 0 spiro atoms. The number of Topliss-reactive ketones (excluding diaryl/α,β-unsaturated/α-hetero) is 2. The van der Waals surface area contributed by atoms with Crippen LogP contribution < -0.4 is 0 Å². The maximum atomic E-state index is 11.8. The van der Waals surface area contributed by atoms with Crippen LogP contribution in [0, 0.1) is 0 Å². The van der Waals surface area contributed by atoms with E-state index in [-0.39, 0.29) is 18.0 Å². The molecule has 0 aromatic heterocycles. The largest absolute Gasteiger partial charge is 0.299 e. The fourth-order valence-electron chi connectivity index (χ4n) is 3.13. The summed E-state index contributed by atoms with van der Waals surface area (Å²) in [5.74, 6) is 0.321. The van der Waals surface area contributed by atoms with Crippen molar-refractivity contribution in [2.45, 2.75) is 129 Å². The molecule has 0 aliphatic heterocycles. The highest BCUT2D eigenvalue weighted by Crippen LogP contribution is 2.12. The van der Waals surface area contributed by atoms with Gasteiger partial charge in [-0.2, -0.15) is 0 Å². The third-order valence-corrected chi connectivity index (χ3v) is 4.76. The van der Waals surface area contributed by atoms with Crippen molar-refractivity contribution in [1.29, 1.82) is 0 Å². The van der Waals surface area contributed by atoms with E-state index in [1.165, 1.54) is 70.6 Å². The van der Waals surface area contributed by atoms with E-state index in [1.807, 2.05) is 0 Å². The van der Waals surface area contributed by atoms with E-state index in [4.69, 9.17) is 0 Å². The van der Waals surface area contributed by atoms with Gasteiger partial charge in [0.05, 0.1) is 6.42 Å². The molecular weight excluding hydrogens is 296 g/mol. The summed E-state index contributed by atoms with van der Waals surface area (Å²) < 4.78 is 0. The fourth-order valence-corrected chi connectivity index (χ4v) is 3.13. The molecule has 0 atom stereocenters. The van der Waals surface area contributed by atoms with Gasteiger partial charge in [-0.25, -0.2) is 0 Å². The molecule has 0 aromatic carbocycles. The van der Waals surface area contributed by atoms with Gasteiger partial charge in [-0.05, 0) is 12.8 Å². The van der Waals surface area contributed by atoms with Gasteiger partial charge >= 0.3 is 0 Å². The average molecular weight is 339 g/mol. The third kappa shape index (κ3) is 17.7. The molecule has 0 aromatic rings. The summed E-state index contributed by atoms with van der Waals surface area (Å²) in [5, 5.41) is 0. The van der Waals surface area contributed by atoms with Gasteiger partial charge in [-0.15, -0.1) is 0 Å². The first kappa shape index (κ1) is 23.3. The molecule has 0 heterocycles. The topological polar surface area (TPSA) is 34.1 Å². The van der Waals surface area contributed by atoms with Crippen LogP contribution in [-0.4, -0.2) is 11.6 Å². The molecule has 0 fully saturated rings. The lowest BCUT2D eigenvalue weighted by atomic mass is 10.0. The van der Waals surface area contributed by atoms with Gasteiger partial charge in [0.25, 0.3) is 0 Å². The predicted molar refractivity (Wildman–Crippen MR) is 104 cm³/mol. The normalized spacial score (nSPS) is 10.9. The van der Waals surface area contributed by atoms with Gasteiger partial charge in [0.15, 0.2) is 0 Å². The second-order valence-corrected chi connectivity index (χ2v) is 7.35. The summed E-state index contributed by atoms with van der Waals surface area (Å²) in [6.07, 6.45) is 19.9. The molecule has 0 aliphatic carbocycles. The third-order valence-electron chi connectivity index (χ3n) is 4.76. The Labute approximate surface area is 151 Å². The van der Waals surface area contributed by atoms with E-state index in [1.54, 1.807) is 0 Å². The average Bonchev–Trinajstić information content (AvgIpc) is 2.56. The van der Waals surface area contributed by atoms with Crippen molar-refractivity contribution in [1.82, 2.24) is 0 Å². The molecule has 0 unspecified atom stereocenters. The molecule has 0 saturated carbocycles. The summed E-state index contributed by atoms with van der Waals surface area (Å²) in [7, 11) is 0. The molecule has 0 bridgehead atoms. The first-order chi connectivity index (χ1) is 11.7. The first-order valence-corrected chi connectivity index (χ1v) is 10.7. The molecule has 0 amide bonds. The molecule has 142 valence electrons. The summed E-state index contributed by atoms with van der Waals surface area (Å²) >= 11 is 0. The molecule has 0 rings (SSSR count). The van der Waals surface area contributed by atoms with Crippen molar-refractivity contribution in [2.75, 3.05) is 0 Å². The zero-order valence-electron chi connectivity index (χ0n) is 16.5. The van der Waals surface area contributed by atoms with E-state index >= 15 is 0 Å². The van der Waals surface area contributed by atoms with Crippen LogP contribution in [0.1, 0.15) is 129 Å². The monoisotopic (exact) mass is 338 g/mol. The Morgan fingerprint density at radius 3 is 1.08 bits per heavy atom. The minimum absolute atomic E-state index is 0.160. The van der Waals surface area contributed by atoms with Crippen molar-refractivity contribution in [3.8, 4) is 0 Å². The second kappa shape index (κ2) is 18.7. The van der Waals surface area contributed by atoms with Crippen molar-refractivity contribution >= 4 is 11.6 Å². The minimum Gasteiger partial charge on any atom is -0.299 e. The van der Waals surface area contributed by atoms with E-state index in [2.05, 4.69) is 13.8 Å². The van der Waals surface area contributed by atoms with Gasteiger partial charge in [-0.1, -0.05) is 97.3 Å². The lowest BCUT2D eigenvalue weighted by Crippen LogP contribution is -2.07. The molecule has 2 heteroatoms. The fraction of sp³-hybridized carbons (Fsp3) is 0.909. The van der Waals surface area contributed by atoms with Crippen LogP contribution in [0.25, 0.3) is 0 Å². The minimum atomic E-state index is 0.160. The highest BCUT2D eigenvalue weighted by Gasteiger charge is 2.09. The van der Waals surface area contributed by atoms with Gasteiger partial charge in [0, 0.05) is 12.8 Å². The second-order valence-electron chi connectivity index (χ2n) is 7.35. The summed E-state index contributed by atoms with van der Waals surface area (Å²) in [5.41, 5.74) is 0. The quantitative estimate of drug-likeness (QED) is 0.184. The van der Waals surface area contributed by atoms with Crippen LogP contribution in [0.3, 0.4) is 0 Å². The van der Waals surface area contributed by atoms with Crippen LogP contribution >= 0.6 is 0 Å². The van der Waals surface area contributed by atoms with E-state index in [0.717, 1.165) is 25.7 Å². The molecule has 0 N–H and O–H groups in total. The zero-order valence-corrected chi connectivity index (χ0v) is 16.5. The van der Waals surface area contributed by atoms with E-state index < -0.39 is 0 Å². The Hall–Kier alpha value is -0.660. The highest BCUT2D eigenvalue weighted by molar-refractivity contribution is 5.98.